The molecule has 0 aliphatic heterocycles. The molecule has 2 heterocycles. The van der Waals surface area contributed by atoms with Gasteiger partial charge in [0.2, 0.25) is 5.78 Å². The molecule has 2 atom stereocenters. The first-order valence-corrected chi connectivity index (χ1v) is 12.8. The number of unbranched alkanes of at least 4 members (excludes halogenated alkanes) is 1. The third kappa shape index (κ3) is 7.48. The molecule has 40 heavy (non-hydrogen) atoms. The number of hydrogen-bond donors (Lipinski definition) is 2. The standard InChI is InChI=1S/C27H33F3N6O4/c1-5-6-7-20(23(37)24(38)32-22-12-14-31-33-22)36(25(39)40)21(26(2,3)4)16-35-15-13-19(34-35)17-8-10-18(11-9-17)27(28,29)30/h8-15,20-21H,5-7,16H2,1-4H3,(H,39,40)(H2,31,32,33,38)/p-1/t20-,21+/m0/s1. The van der Waals surface area contributed by atoms with Crippen LogP contribution in [0.4, 0.5) is 23.8 Å². The van der Waals surface area contributed by atoms with Crippen LogP contribution in [0.2, 0.25) is 0 Å². The van der Waals surface area contributed by atoms with E-state index in [4.69, 9.17) is 0 Å². The predicted molar refractivity (Wildman–Crippen MR) is 139 cm³/mol. The van der Waals surface area contributed by atoms with Gasteiger partial charge in [-0.25, -0.2) is 0 Å². The summed E-state index contributed by atoms with van der Waals surface area (Å²) in [5, 5.41) is 25.6. The number of alkyl halides is 3. The van der Waals surface area contributed by atoms with Crippen molar-refractivity contribution in [2.75, 3.05) is 5.32 Å². The van der Waals surface area contributed by atoms with E-state index in [0.717, 1.165) is 17.0 Å². The van der Waals surface area contributed by atoms with Crippen molar-refractivity contribution >= 4 is 23.6 Å². The van der Waals surface area contributed by atoms with Gasteiger partial charge in [-0.1, -0.05) is 52.7 Å². The van der Waals surface area contributed by atoms with Gasteiger partial charge < -0.3 is 20.1 Å². The number of amides is 2. The van der Waals surface area contributed by atoms with Crippen molar-refractivity contribution in [2.24, 2.45) is 5.41 Å². The Morgan fingerprint density at radius 1 is 1.10 bits per heavy atom. The number of benzene rings is 1. The molecule has 3 aromatic rings. The first-order chi connectivity index (χ1) is 18.7. The van der Waals surface area contributed by atoms with Crippen LogP contribution in [0.1, 0.15) is 52.5 Å². The number of nitrogens with one attached hydrogen (secondary N) is 2. The van der Waals surface area contributed by atoms with Crippen molar-refractivity contribution in [3.8, 4) is 11.3 Å². The highest BCUT2D eigenvalue weighted by molar-refractivity contribution is 6.42. The van der Waals surface area contributed by atoms with Crippen LogP contribution in [0.15, 0.2) is 48.8 Å². The van der Waals surface area contributed by atoms with Crippen molar-refractivity contribution in [3.63, 3.8) is 0 Å². The van der Waals surface area contributed by atoms with E-state index in [1.807, 2.05) is 6.92 Å². The molecule has 0 bridgehead atoms. The zero-order valence-corrected chi connectivity index (χ0v) is 22.7. The summed E-state index contributed by atoms with van der Waals surface area (Å²) in [6.07, 6.45) is -1.88. The highest BCUT2D eigenvalue weighted by Gasteiger charge is 2.40. The Morgan fingerprint density at radius 3 is 2.30 bits per heavy atom. The average Bonchev–Trinajstić information content (AvgIpc) is 3.56. The molecule has 0 fully saturated rings. The number of hydrogen-bond acceptors (Lipinski definition) is 6. The number of nitrogens with zero attached hydrogens (tertiary/aromatic N) is 4. The van der Waals surface area contributed by atoms with E-state index in [0.29, 0.717) is 24.1 Å². The molecule has 0 spiro atoms. The lowest BCUT2D eigenvalue weighted by atomic mass is 9.84. The largest absolute Gasteiger partial charge is 0.530 e. The summed E-state index contributed by atoms with van der Waals surface area (Å²) in [5.41, 5.74) is -0.681. The zero-order chi connectivity index (χ0) is 29.7. The van der Waals surface area contributed by atoms with Gasteiger partial charge in [-0.2, -0.15) is 23.4 Å². The molecular formula is C27H32F3N6O4-. The minimum atomic E-state index is -4.47. The van der Waals surface area contributed by atoms with Crippen molar-refractivity contribution in [3.05, 3.63) is 54.4 Å². The highest BCUT2D eigenvalue weighted by atomic mass is 19.4. The van der Waals surface area contributed by atoms with Crippen LogP contribution >= 0.6 is 0 Å². The molecule has 2 N–H and O–H groups in total. The fraction of sp³-hybridized carbons (Fsp3) is 0.444. The second kappa shape index (κ2) is 12.3. The maximum Gasteiger partial charge on any atom is 0.416 e. The lowest BCUT2D eigenvalue weighted by Gasteiger charge is -2.45. The van der Waals surface area contributed by atoms with Crippen molar-refractivity contribution in [2.45, 2.75) is 71.8 Å². The van der Waals surface area contributed by atoms with Crippen LogP contribution in [-0.4, -0.2) is 54.7 Å². The number of aromatic amines is 1. The molecule has 3 rings (SSSR count). The second-order valence-electron chi connectivity index (χ2n) is 10.5. The van der Waals surface area contributed by atoms with Gasteiger partial charge in [-0.15, -0.1) is 0 Å². The van der Waals surface area contributed by atoms with Crippen LogP contribution in [0.5, 0.6) is 0 Å². The molecule has 2 aromatic heterocycles. The number of carboxylic acid groups (broad SMARTS) is 1. The number of halogens is 3. The van der Waals surface area contributed by atoms with Gasteiger partial charge >= 0.3 is 6.18 Å². The van der Waals surface area contributed by atoms with E-state index in [9.17, 15) is 32.7 Å². The summed E-state index contributed by atoms with van der Waals surface area (Å²) < 4.78 is 40.3. The fourth-order valence-corrected chi connectivity index (χ4v) is 4.33. The van der Waals surface area contributed by atoms with Crippen LogP contribution in [0, 0.1) is 5.41 Å². The molecule has 0 aliphatic rings. The molecule has 10 nitrogen and oxygen atoms in total. The molecule has 2 amide bonds. The summed E-state index contributed by atoms with van der Waals surface area (Å²) in [4.78, 5) is 39.6. The number of anilines is 1. The van der Waals surface area contributed by atoms with Gasteiger partial charge in [-0.3, -0.25) is 19.4 Å². The highest BCUT2D eigenvalue weighted by Crippen LogP contribution is 2.32. The summed E-state index contributed by atoms with van der Waals surface area (Å²) in [7, 11) is 0. The van der Waals surface area contributed by atoms with Gasteiger partial charge in [0.05, 0.1) is 36.1 Å². The van der Waals surface area contributed by atoms with Crippen LogP contribution in [0.3, 0.4) is 0 Å². The lowest BCUT2D eigenvalue weighted by Crippen LogP contribution is -2.61. The number of Topliss-reactive ketones (excluding diaryl/α,β-unsaturated/α-hetero) is 1. The number of aromatic nitrogens is 4. The quantitative estimate of drug-likeness (QED) is 0.338. The molecule has 13 heteroatoms. The second-order valence-corrected chi connectivity index (χ2v) is 10.5. The van der Waals surface area contributed by atoms with Gasteiger partial charge in [0.15, 0.2) is 0 Å². The first-order valence-electron chi connectivity index (χ1n) is 12.8. The molecule has 0 saturated carbocycles. The number of carbonyl (C=O) groups excluding carboxylic acids is 3. The third-order valence-electron chi connectivity index (χ3n) is 6.50. The summed E-state index contributed by atoms with van der Waals surface area (Å²) >= 11 is 0. The molecule has 216 valence electrons. The van der Waals surface area contributed by atoms with Crippen molar-refractivity contribution < 1.29 is 32.7 Å². The number of carbonyl (C=O) groups is 3. The van der Waals surface area contributed by atoms with E-state index < -0.39 is 47.0 Å². The van der Waals surface area contributed by atoms with Gasteiger partial charge in [-0.05, 0) is 30.0 Å². The molecule has 0 radical (unpaired) electrons. The Labute approximate surface area is 229 Å². The van der Waals surface area contributed by atoms with E-state index in [1.54, 1.807) is 33.0 Å². The van der Waals surface area contributed by atoms with Crippen molar-refractivity contribution in [1.82, 2.24) is 24.9 Å². The van der Waals surface area contributed by atoms with E-state index >= 15 is 0 Å². The van der Waals surface area contributed by atoms with Crippen LogP contribution in [-0.2, 0) is 22.3 Å². The van der Waals surface area contributed by atoms with E-state index in [2.05, 4.69) is 20.6 Å². The summed E-state index contributed by atoms with van der Waals surface area (Å²) in [6, 6.07) is 5.41. The monoisotopic (exact) mass is 561 g/mol. The Kier molecular flexibility index (Phi) is 9.38. The normalized spacial score (nSPS) is 13.5. The Hall–Kier alpha value is -4.16. The van der Waals surface area contributed by atoms with Crippen LogP contribution < -0.4 is 10.4 Å². The van der Waals surface area contributed by atoms with Gasteiger partial charge in [0, 0.05) is 17.8 Å². The summed E-state index contributed by atoms with van der Waals surface area (Å²) in [5.74, 6) is -1.74. The molecule has 0 saturated heterocycles. The van der Waals surface area contributed by atoms with E-state index in [1.165, 1.54) is 29.1 Å². The molecular weight excluding hydrogens is 529 g/mol. The third-order valence-corrected chi connectivity index (χ3v) is 6.50. The lowest BCUT2D eigenvalue weighted by molar-refractivity contribution is -0.273. The number of H-pyrrole nitrogens is 1. The van der Waals surface area contributed by atoms with E-state index in [-0.39, 0.29) is 18.8 Å². The van der Waals surface area contributed by atoms with Crippen LogP contribution in [0.25, 0.3) is 11.3 Å². The van der Waals surface area contributed by atoms with Gasteiger partial charge in [0.25, 0.3) is 5.91 Å². The Balaban J connectivity index is 1.91. The minimum Gasteiger partial charge on any atom is -0.530 e. The molecule has 0 aliphatic carbocycles. The van der Waals surface area contributed by atoms with Gasteiger partial charge in [0.1, 0.15) is 11.9 Å². The predicted octanol–water partition coefficient (Wildman–Crippen LogP) is 4.12. The fourth-order valence-electron chi connectivity index (χ4n) is 4.33. The topological polar surface area (TPSA) is 136 Å². The maximum absolute atomic E-state index is 13.3. The zero-order valence-electron chi connectivity index (χ0n) is 22.7. The smallest absolute Gasteiger partial charge is 0.416 e. The molecule has 1 aromatic carbocycles. The SMILES string of the molecule is CCCC[C@@H](C(=O)C(=O)Nc1ccn[nH]1)N(C(=O)[O-])[C@H](Cn1ccc(-c2ccc(C(F)(F)F)cc2)n1)C(C)(C)C. The first kappa shape index (κ1) is 30.4. The number of ketones is 1. The minimum absolute atomic E-state index is 0.00378. The number of rotatable bonds is 11. The van der Waals surface area contributed by atoms with Crippen molar-refractivity contribution in [1.29, 1.82) is 0 Å². The summed E-state index contributed by atoms with van der Waals surface area (Å²) in [6.45, 7) is 7.25. The Bertz CT molecular complexity index is 1300. The average molecular weight is 562 g/mol. The maximum atomic E-state index is 13.3. The Morgan fingerprint density at radius 2 is 1.77 bits per heavy atom. The molecule has 0 unspecified atom stereocenters.